The van der Waals surface area contributed by atoms with E-state index in [0.717, 1.165) is 0 Å². The van der Waals surface area contributed by atoms with Gasteiger partial charge >= 0.3 is 0 Å². The molecular formula is C10H9FO2. The molecule has 0 aromatic heterocycles. The van der Waals surface area contributed by atoms with Crippen LogP contribution in [0, 0.1) is 5.82 Å². The zero-order valence-corrected chi connectivity index (χ0v) is 7.21. The second kappa shape index (κ2) is 3.94. The van der Waals surface area contributed by atoms with E-state index < -0.39 is 11.6 Å². The van der Waals surface area contributed by atoms with Gasteiger partial charge in [-0.2, -0.15) is 0 Å². The lowest BCUT2D eigenvalue weighted by atomic mass is 10.1. The second-order valence-electron chi connectivity index (χ2n) is 2.78. The molecule has 68 valence electrons. The van der Waals surface area contributed by atoms with Gasteiger partial charge in [-0.1, -0.05) is 12.1 Å². The van der Waals surface area contributed by atoms with Gasteiger partial charge in [-0.3, -0.25) is 9.59 Å². The Morgan fingerprint density at radius 1 is 1.31 bits per heavy atom. The van der Waals surface area contributed by atoms with E-state index in [1.165, 1.54) is 25.1 Å². The average Bonchev–Trinajstić information content (AvgIpc) is 2.03. The molecule has 0 bridgehead atoms. The molecule has 0 saturated heterocycles. The minimum absolute atomic E-state index is 0.0160. The van der Waals surface area contributed by atoms with Crippen molar-refractivity contribution in [3.63, 3.8) is 0 Å². The van der Waals surface area contributed by atoms with Crippen LogP contribution in [0.5, 0.6) is 0 Å². The highest BCUT2D eigenvalue weighted by atomic mass is 19.1. The van der Waals surface area contributed by atoms with Gasteiger partial charge in [0.2, 0.25) is 0 Å². The Hall–Kier alpha value is -1.51. The SMILES string of the molecule is CC(=O)CC(=O)c1ccccc1F. The average molecular weight is 180 g/mol. The molecule has 0 radical (unpaired) electrons. The fourth-order valence-corrected chi connectivity index (χ4v) is 1.01. The smallest absolute Gasteiger partial charge is 0.173 e. The molecule has 3 heteroatoms. The lowest BCUT2D eigenvalue weighted by Gasteiger charge is -1.98. The molecule has 0 aliphatic rings. The van der Waals surface area contributed by atoms with Crippen molar-refractivity contribution in [2.24, 2.45) is 0 Å². The van der Waals surface area contributed by atoms with Crippen molar-refractivity contribution in [2.45, 2.75) is 13.3 Å². The van der Waals surface area contributed by atoms with Gasteiger partial charge in [-0.25, -0.2) is 4.39 Å². The molecule has 0 N–H and O–H groups in total. The number of hydrogen-bond donors (Lipinski definition) is 0. The lowest BCUT2D eigenvalue weighted by Crippen LogP contribution is -2.06. The summed E-state index contributed by atoms with van der Waals surface area (Å²) in [6, 6.07) is 5.64. The van der Waals surface area contributed by atoms with E-state index in [1.54, 1.807) is 6.07 Å². The normalized spacial score (nSPS) is 9.69. The summed E-state index contributed by atoms with van der Waals surface area (Å²) in [5.74, 6) is -1.30. The van der Waals surface area contributed by atoms with Crippen molar-refractivity contribution in [2.75, 3.05) is 0 Å². The van der Waals surface area contributed by atoms with E-state index in [9.17, 15) is 14.0 Å². The maximum atomic E-state index is 13.0. The molecule has 0 heterocycles. The molecule has 1 rings (SSSR count). The molecule has 0 spiro atoms. The van der Waals surface area contributed by atoms with E-state index in [2.05, 4.69) is 0 Å². The number of carbonyl (C=O) groups excluding carboxylic acids is 2. The van der Waals surface area contributed by atoms with Crippen LogP contribution in [0.15, 0.2) is 24.3 Å². The van der Waals surface area contributed by atoms with E-state index >= 15 is 0 Å². The van der Waals surface area contributed by atoms with E-state index in [0.29, 0.717) is 0 Å². The zero-order chi connectivity index (χ0) is 9.84. The number of rotatable bonds is 3. The number of halogens is 1. The Labute approximate surface area is 75.4 Å². The van der Waals surface area contributed by atoms with Crippen LogP contribution in [0.25, 0.3) is 0 Å². The predicted octanol–water partition coefficient (Wildman–Crippen LogP) is 1.99. The van der Waals surface area contributed by atoms with E-state index in [1.807, 2.05) is 0 Å². The molecule has 0 aliphatic carbocycles. The van der Waals surface area contributed by atoms with Crippen LogP contribution in [-0.2, 0) is 4.79 Å². The molecule has 0 amide bonds. The number of hydrogen-bond acceptors (Lipinski definition) is 2. The van der Waals surface area contributed by atoms with Crippen LogP contribution in [0.1, 0.15) is 23.7 Å². The van der Waals surface area contributed by atoms with Crippen LogP contribution >= 0.6 is 0 Å². The highest BCUT2D eigenvalue weighted by molar-refractivity contribution is 6.07. The van der Waals surface area contributed by atoms with E-state index in [4.69, 9.17) is 0 Å². The summed E-state index contributed by atoms with van der Waals surface area (Å²) >= 11 is 0. The summed E-state index contributed by atoms with van der Waals surface area (Å²) in [4.78, 5) is 21.8. The first-order chi connectivity index (χ1) is 6.11. The third-order valence-electron chi connectivity index (χ3n) is 1.58. The summed E-state index contributed by atoms with van der Waals surface area (Å²) in [5.41, 5.74) is -0.0160. The molecule has 1 aromatic carbocycles. The van der Waals surface area contributed by atoms with Gasteiger partial charge < -0.3 is 0 Å². The maximum Gasteiger partial charge on any atom is 0.173 e. The Morgan fingerprint density at radius 3 is 2.46 bits per heavy atom. The Balaban J connectivity index is 2.89. The van der Waals surface area contributed by atoms with Crippen molar-refractivity contribution in [1.82, 2.24) is 0 Å². The third kappa shape index (κ3) is 2.47. The first-order valence-corrected chi connectivity index (χ1v) is 3.88. The largest absolute Gasteiger partial charge is 0.300 e. The van der Waals surface area contributed by atoms with Crippen LogP contribution in [-0.4, -0.2) is 11.6 Å². The molecular weight excluding hydrogens is 171 g/mol. The fraction of sp³-hybridized carbons (Fsp3) is 0.200. The van der Waals surface area contributed by atoms with Gasteiger partial charge in [0.15, 0.2) is 5.78 Å². The highest BCUT2D eigenvalue weighted by Gasteiger charge is 2.11. The molecule has 0 aliphatic heterocycles. The number of Topliss-reactive ketones (excluding diaryl/α,β-unsaturated/α-hetero) is 2. The summed E-state index contributed by atoms with van der Waals surface area (Å²) < 4.78 is 13.0. The molecule has 2 nitrogen and oxygen atoms in total. The highest BCUT2D eigenvalue weighted by Crippen LogP contribution is 2.08. The van der Waals surface area contributed by atoms with Crippen LogP contribution < -0.4 is 0 Å². The first kappa shape index (κ1) is 9.58. The van der Waals surface area contributed by atoms with Crippen molar-refractivity contribution in [3.05, 3.63) is 35.6 Å². The summed E-state index contributed by atoms with van der Waals surface area (Å²) in [6.45, 7) is 1.30. The minimum Gasteiger partial charge on any atom is -0.300 e. The van der Waals surface area contributed by atoms with Gasteiger partial charge in [0.25, 0.3) is 0 Å². The summed E-state index contributed by atoms with van der Waals surface area (Å²) in [6.07, 6.45) is -0.235. The number of benzene rings is 1. The van der Waals surface area contributed by atoms with Crippen LogP contribution in [0.4, 0.5) is 4.39 Å². The third-order valence-corrected chi connectivity index (χ3v) is 1.58. The second-order valence-corrected chi connectivity index (χ2v) is 2.78. The maximum absolute atomic E-state index is 13.0. The Bertz CT molecular complexity index is 345. The van der Waals surface area contributed by atoms with Crippen molar-refractivity contribution >= 4 is 11.6 Å². The Morgan fingerprint density at radius 2 is 1.92 bits per heavy atom. The number of carbonyl (C=O) groups is 2. The predicted molar refractivity (Wildman–Crippen MR) is 46.0 cm³/mol. The quantitative estimate of drug-likeness (QED) is 0.526. The molecule has 0 atom stereocenters. The molecule has 0 saturated carbocycles. The number of ketones is 2. The molecule has 13 heavy (non-hydrogen) atoms. The molecule has 1 aromatic rings. The fourth-order valence-electron chi connectivity index (χ4n) is 1.01. The van der Waals surface area contributed by atoms with Gasteiger partial charge in [0, 0.05) is 0 Å². The van der Waals surface area contributed by atoms with Crippen LogP contribution in [0.2, 0.25) is 0 Å². The topological polar surface area (TPSA) is 34.1 Å². The lowest BCUT2D eigenvalue weighted by molar-refractivity contribution is -0.116. The minimum atomic E-state index is -0.575. The first-order valence-electron chi connectivity index (χ1n) is 3.88. The standard InChI is InChI=1S/C10H9FO2/c1-7(12)6-10(13)8-4-2-3-5-9(8)11/h2-5H,6H2,1H3. The van der Waals surface area contributed by atoms with Crippen molar-refractivity contribution < 1.29 is 14.0 Å². The molecule has 0 unspecified atom stereocenters. The van der Waals surface area contributed by atoms with Gasteiger partial charge in [0.1, 0.15) is 11.6 Å². The monoisotopic (exact) mass is 180 g/mol. The van der Waals surface area contributed by atoms with Crippen LogP contribution in [0.3, 0.4) is 0 Å². The zero-order valence-electron chi connectivity index (χ0n) is 7.21. The Kier molecular flexibility index (Phi) is 2.90. The summed E-state index contributed by atoms with van der Waals surface area (Å²) in [7, 11) is 0. The van der Waals surface area contributed by atoms with E-state index in [-0.39, 0.29) is 17.8 Å². The van der Waals surface area contributed by atoms with Crippen molar-refractivity contribution in [3.8, 4) is 0 Å². The van der Waals surface area contributed by atoms with Gasteiger partial charge in [-0.05, 0) is 19.1 Å². The van der Waals surface area contributed by atoms with Gasteiger partial charge in [-0.15, -0.1) is 0 Å². The summed E-state index contributed by atoms with van der Waals surface area (Å²) in [5, 5.41) is 0. The van der Waals surface area contributed by atoms with Crippen molar-refractivity contribution in [1.29, 1.82) is 0 Å². The molecule has 0 fully saturated rings. The van der Waals surface area contributed by atoms with Gasteiger partial charge in [0.05, 0.1) is 12.0 Å².